The van der Waals surface area contributed by atoms with Gasteiger partial charge >= 0.3 is 0 Å². The van der Waals surface area contributed by atoms with Crippen molar-refractivity contribution in [3.8, 4) is 45.3 Å². The Morgan fingerprint density at radius 3 is 1.85 bits per heavy atom. The number of pyridine rings is 1. The third-order valence-corrected chi connectivity index (χ3v) is 8.98. The fourth-order valence-corrected chi connectivity index (χ4v) is 6.76. The maximum atomic E-state index is 6.67. The Labute approximate surface area is 274 Å². The molecule has 0 unspecified atom stereocenters. The van der Waals surface area contributed by atoms with Gasteiger partial charge in [-0.05, 0) is 59.0 Å². The van der Waals surface area contributed by atoms with Crippen LogP contribution in [0.3, 0.4) is 0 Å². The lowest BCUT2D eigenvalue weighted by molar-refractivity contribution is 0.668. The Kier molecular flexibility index (Phi) is 5.77. The number of aromatic nitrogens is 4. The molecule has 0 N–H and O–H groups in total. The predicted molar refractivity (Wildman–Crippen MR) is 191 cm³/mol. The van der Waals surface area contributed by atoms with Crippen LogP contribution in [0.2, 0.25) is 0 Å². The van der Waals surface area contributed by atoms with Crippen molar-refractivity contribution in [3.63, 3.8) is 0 Å². The molecule has 0 aliphatic rings. The predicted octanol–water partition coefficient (Wildman–Crippen LogP) is 10.9. The highest BCUT2D eigenvalue weighted by Gasteiger charge is 2.21. The minimum Gasteiger partial charge on any atom is -0.456 e. The van der Waals surface area contributed by atoms with Gasteiger partial charge < -0.3 is 8.83 Å². The van der Waals surface area contributed by atoms with Gasteiger partial charge in [-0.25, -0.2) is 15.0 Å². The molecule has 0 bridgehead atoms. The summed E-state index contributed by atoms with van der Waals surface area (Å²) < 4.78 is 12.9. The van der Waals surface area contributed by atoms with Crippen molar-refractivity contribution in [3.05, 3.63) is 146 Å². The first-order chi connectivity index (χ1) is 23.8. The van der Waals surface area contributed by atoms with Crippen LogP contribution in [0.25, 0.3) is 99.9 Å². The van der Waals surface area contributed by atoms with Crippen LogP contribution < -0.4 is 0 Å². The van der Waals surface area contributed by atoms with Crippen molar-refractivity contribution in [1.29, 1.82) is 0 Å². The quantitative estimate of drug-likeness (QED) is 0.196. The molecule has 0 spiro atoms. The van der Waals surface area contributed by atoms with Crippen molar-refractivity contribution in [2.45, 2.75) is 0 Å². The maximum Gasteiger partial charge on any atom is 0.164 e. The molecule has 6 aromatic carbocycles. The minimum absolute atomic E-state index is 0.566. The number of hydrogen-bond donors (Lipinski definition) is 0. The van der Waals surface area contributed by atoms with E-state index < -0.39 is 0 Å². The average Bonchev–Trinajstić information content (AvgIpc) is 3.72. The second-order valence-corrected chi connectivity index (χ2v) is 11.9. The summed E-state index contributed by atoms with van der Waals surface area (Å²) in [6.45, 7) is 0. The van der Waals surface area contributed by atoms with Gasteiger partial charge in [0.15, 0.2) is 17.5 Å². The smallest absolute Gasteiger partial charge is 0.164 e. The second kappa shape index (κ2) is 10.4. The number of para-hydroxylation sites is 1. The largest absolute Gasteiger partial charge is 0.456 e. The van der Waals surface area contributed by atoms with Gasteiger partial charge in [0.25, 0.3) is 0 Å². The molecule has 4 heterocycles. The van der Waals surface area contributed by atoms with Crippen LogP contribution in [0.1, 0.15) is 0 Å². The highest BCUT2D eigenvalue weighted by atomic mass is 16.3. The van der Waals surface area contributed by atoms with Crippen molar-refractivity contribution >= 4 is 54.6 Å². The highest BCUT2D eigenvalue weighted by Crippen LogP contribution is 2.43. The van der Waals surface area contributed by atoms with Crippen LogP contribution in [0, 0.1) is 0 Å². The number of hydrogen-bond acceptors (Lipinski definition) is 6. The Hall–Kier alpha value is -6.66. The molecule has 10 rings (SSSR count). The normalized spacial score (nSPS) is 11.8. The Morgan fingerprint density at radius 1 is 0.396 bits per heavy atom. The average molecular weight is 617 g/mol. The Balaban J connectivity index is 1.32. The first-order valence-corrected chi connectivity index (χ1v) is 15.8. The van der Waals surface area contributed by atoms with E-state index in [0.29, 0.717) is 17.5 Å². The molecule has 6 nitrogen and oxygen atoms in total. The molecule has 0 saturated carbocycles. The first kappa shape index (κ1) is 26.5. The molecule has 48 heavy (non-hydrogen) atoms. The summed E-state index contributed by atoms with van der Waals surface area (Å²) in [5.41, 5.74) is 7.89. The van der Waals surface area contributed by atoms with Gasteiger partial charge in [0.2, 0.25) is 0 Å². The maximum absolute atomic E-state index is 6.67. The van der Waals surface area contributed by atoms with E-state index in [1.54, 1.807) is 0 Å². The van der Waals surface area contributed by atoms with Crippen LogP contribution in [0.4, 0.5) is 0 Å². The van der Waals surface area contributed by atoms with Crippen molar-refractivity contribution in [2.24, 2.45) is 0 Å². The van der Waals surface area contributed by atoms with Gasteiger partial charge in [0.1, 0.15) is 22.3 Å². The molecule has 0 aliphatic heterocycles. The number of benzene rings is 6. The van der Waals surface area contributed by atoms with E-state index in [1.807, 2.05) is 109 Å². The standard InChI is InChI=1S/C42H24N4O2/c1-3-10-25(11-4-1)40-44-41(26-12-5-2-6-13-26)46-42(45-40)33-21-28(30-15-9-17-35-38(30)31-14-7-8-16-34(31)47-35)22-37-39(33)32-20-27-18-19-43-24-29(27)23-36(32)48-37/h1-24H. The van der Waals surface area contributed by atoms with Crippen LogP contribution in [-0.4, -0.2) is 19.9 Å². The van der Waals surface area contributed by atoms with Gasteiger partial charge in [-0.15, -0.1) is 0 Å². The van der Waals surface area contributed by atoms with Crippen LogP contribution in [-0.2, 0) is 0 Å². The molecule has 0 radical (unpaired) electrons. The van der Waals surface area contributed by atoms with Gasteiger partial charge in [0, 0.05) is 56.0 Å². The number of fused-ring (bicyclic) bond motifs is 7. The van der Waals surface area contributed by atoms with E-state index in [0.717, 1.165) is 82.5 Å². The number of nitrogens with zero attached hydrogens (tertiary/aromatic N) is 4. The van der Waals surface area contributed by atoms with E-state index in [-0.39, 0.29) is 0 Å². The lowest BCUT2D eigenvalue weighted by Crippen LogP contribution is -2.00. The minimum atomic E-state index is 0.566. The zero-order valence-corrected chi connectivity index (χ0v) is 25.5. The Morgan fingerprint density at radius 2 is 1.06 bits per heavy atom. The Bertz CT molecular complexity index is 2780. The van der Waals surface area contributed by atoms with E-state index >= 15 is 0 Å². The van der Waals surface area contributed by atoms with Gasteiger partial charge in [0.05, 0.1) is 0 Å². The van der Waals surface area contributed by atoms with E-state index in [9.17, 15) is 0 Å². The number of rotatable bonds is 4. The van der Waals surface area contributed by atoms with Gasteiger partial charge in [-0.3, -0.25) is 4.98 Å². The monoisotopic (exact) mass is 616 g/mol. The molecule has 0 aliphatic carbocycles. The molecule has 10 aromatic rings. The van der Waals surface area contributed by atoms with Crippen molar-refractivity contribution < 1.29 is 8.83 Å². The molecular weight excluding hydrogens is 592 g/mol. The number of furan rings is 2. The molecule has 0 amide bonds. The fraction of sp³-hybridized carbons (Fsp3) is 0. The lowest BCUT2D eigenvalue weighted by Gasteiger charge is -2.11. The van der Waals surface area contributed by atoms with Gasteiger partial charge in [-0.2, -0.15) is 0 Å². The van der Waals surface area contributed by atoms with E-state index in [2.05, 4.69) is 41.4 Å². The fourth-order valence-electron chi connectivity index (χ4n) is 6.76. The second-order valence-electron chi connectivity index (χ2n) is 11.9. The molecule has 224 valence electrons. The van der Waals surface area contributed by atoms with Crippen molar-refractivity contribution in [2.75, 3.05) is 0 Å². The SMILES string of the molecule is c1ccc(-c2nc(-c3ccccc3)nc(-c3cc(-c4cccc5oc6ccccc6c45)cc4oc5cc6cnccc6cc5c34)n2)cc1. The van der Waals surface area contributed by atoms with E-state index in [1.165, 1.54) is 0 Å². The van der Waals surface area contributed by atoms with Gasteiger partial charge in [-0.1, -0.05) is 91.0 Å². The summed E-state index contributed by atoms with van der Waals surface area (Å²) in [7, 11) is 0. The highest BCUT2D eigenvalue weighted by molar-refractivity contribution is 6.18. The van der Waals surface area contributed by atoms with Crippen LogP contribution >= 0.6 is 0 Å². The van der Waals surface area contributed by atoms with E-state index in [4.69, 9.17) is 23.8 Å². The zero-order chi connectivity index (χ0) is 31.6. The molecule has 4 aromatic heterocycles. The third kappa shape index (κ3) is 4.20. The van der Waals surface area contributed by atoms with Crippen LogP contribution in [0.15, 0.2) is 155 Å². The molecule has 6 heteroatoms. The summed E-state index contributed by atoms with van der Waals surface area (Å²) in [4.78, 5) is 19.6. The lowest BCUT2D eigenvalue weighted by atomic mass is 9.95. The summed E-state index contributed by atoms with van der Waals surface area (Å²) in [5.74, 6) is 1.77. The molecule has 0 saturated heterocycles. The van der Waals surface area contributed by atoms with Crippen LogP contribution in [0.5, 0.6) is 0 Å². The van der Waals surface area contributed by atoms with Crippen molar-refractivity contribution in [1.82, 2.24) is 19.9 Å². The molecule has 0 fully saturated rings. The third-order valence-electron chi connectivity index (χ3n) is 8.98. The molecular formula is C42H24N4O2. The topological polar surface area (TPSA) is 77.8 Å². The summed E-state index contributed by atoms with van der Waals surface area (Å²) >= 11 is 0. The summed E-state index contributed by atoms with van der Waals surface area (Å²) in [6.07, 6.45) is 3.68. The molecule has 0 atom stereocenters. The summed E-state index contributed by atoms with van der Waals surface area (Å²) in [6, 6.07) is 45.0. The zero-order valence-electron chi connectivity index (χ0n) is 25.5. The summed E-state index contributed by atoms with van der Waals surface area (Å²) in [5, 5.41) is 6.14. The first-order valence-electron chi connectivity index (χ1n) is 15.8.